The van der Waals surface area contributed by atoms with E-state index in [9.17, 15) is 4.79 Å². The van der Waals surface area contributed by atoms with Crippen LogP contribution in [0.25, 0.3) is 10.9 Å². The molecule has 0 unspecified atom stereocenters. The number of benzene rings is 1. The van der Waals surface area contributed by atoms with E-state index in [0.29, 0.717) is 11.6 Å². The second-order valence-electron chi connectivity index (χ2n) is 4.39. The summed E-state index contributed by atoms with van der Waals surface area (Å²) >= 11 is 0. The largest absolute Gasteiger partial charge is 0.361 e. The molecule has 0 atom stereocenters. The van der Waals surface area contributed by atoms with Crippen molar-refractivity contribution in [3.05, 3.63) is 58.1 Å². The van der Waals surface area contributed by atoms with Gasteiger partial charge in [-0.05, 0) is 13.0 Å². The molecule has 20 heavy (non-hydrogen) atoms. The van der Waals surface area contributed by atoms with E-state index in [-0.39, 0.29) is 5.56 Å². The Hall–Kier alpha value is -2.89. The Bertz CT molecular complexity index is 831. The zero-order valence-electron chi connectivity index (χ0n) is 10.8. The average molecular weight is 267 g/mol. The second-order valence-corrected chi connectivity index (χ2v) is 4.39. The van der Waals surface area contributed by atoms with Gasteiger partial charge in [0.2, 0.25) is 5.95 Å². The van der Waals surface area contributed by atoms with Crippen LogP contribution in [0.2, 0.25) is 0 Å². The Morgan fingerprint density at radius 2 is 2.20 bits per heavy atom. The number of hydrazone groups is 1. The van der Waals surface area contributed by atoms with Crippen molar-refractivity contribution in [1.82, 2.24) is 15.0 Å². The molecule has 0 aliphatic carbocycles. The lowest BCUT2D eigenvalue weighted by Gasteiger charge is -1.99. The van der Waals surface area contributed by atoms with Crippen LogP contribution in [0.1, 0.15) is 11.3 Å². The second kappa shape index (κ2) is 5.00. The molecule has 0 saturated carbocycles. The molecule has 0 aliphatic rings. The molecule has 6 nitrogen and oxygen atoms in total. The Morgan fingerprint density at radius 1 is 1.35 bits per heavy atom. The van der Waals surface area contributed by atoms with Crippen LogP contribution in [0.4, 0.5) is 5.95 Å². The van der Waals surface area contributed by atoms with Crippen LogP contribution in [0.15, 0.2) is 46.4 Å². The molecule has 0 amide bonds. The number of para-hydroxylation sites is 1. The maximum Gasteiger partial charge on any atom is 0.252 e. The molecule has 0 aliphatic heterocycles. The lowest BCUT2D eigenvalue weighted by Crippen LogP contribution is -2.10. The fourth-order valence-electron chi connectivity index (χ4n) is 2.00. The maximum atomic E-state index is 11.3. The van der Waals surface area contributed by atoms with Crippen LogP contribution in [0.3, 0.4) is 0 Å². The molecule has 100 valence electrons. The molecule has 0 bridgehead atoms. The van der Waals surface area contributed by atoms with E-state index in [2.05, 4.69) is 25.5 Å². The quantitative estimate of drug-likeness (QED) is 0.501. The number of rotatable bonds is 3. The summed E-state index contributed by atoms with van der Waals surface area (Å²) in [6.07, 6.45) is 3.56. The van der Waals surface area contributed by atoms with Gasteiger partial charge in [-0.15, -0.1) is 0 Å². The van der Waals surface area contributed by atoms with Crippen molar-refractivity contribution < 1.29 is 0 Å². The summed E-state index contributed by atoms with van der Waals surface area (Å²) in [6, 6.07) is 9.38. The molecule has 3 aromatic rings. The molecular formula is C14H13N5O. The van der Waals surface area contributed by atoms with Gasteiger partial charge in [0.25, 0.3) is 5.56 Å². The third-order valence-corrected chi connectivity index (χ3v) is 2.87. The number of aryl methyl sites for hydroxylation is 1. The van der Waals surface area contributed by atoms with E-state index in [1.54, 1.807) is 13.1 Å². The van der Waals surface area contributed by atoms with Crippen LogP contribution < -0.4 is 11.0 Å². The maximum absolute atomic E-state index is 11.3. The van der Waals surface area contributed by atoms with Gasteiger partial charge in [-0.1, -0.05) is 18.2 Å². The van der Waals surface area contributed by atoms with Gasteiger partial charge in [-0.3, -0.25) is 9.78 Å². The Labute approximate surface area is 114 Å². The molecule has 0 spiro atoms. The molecule has 0 radical (unpaired) electrons. The first-order valence-electron chi connectivity index (χ1n) is 6.15. The highest BCUT2D eigenvalue weighted by Crippen LogP contribution is 2.15. The van der Waals surface area contributed by atoms with Crippen LogP contribution in [0.5, 0.6) is 0 Å². The Kier molecular flexibility index (Phi) is 3.04. The molecule has 3 N–H and O–H groups in total. The lowest BCUT2D eigenvalue weighted by molar-refractivity contribution is 1.04. The number of H-pyrrole nitrogens is 2. The van der Waals surface area contributed by atoms with Crippen molar-refractivity contribution >= 4 is 23.1 Å². The van der Waals surface area contributed by atoms with Crippen LogP contribution in [0, 0.1) is 6.92 Å². The molecular weight excluding hydrogens is 254 g/mol. The van der Waals surface area contributed by atoms with E-state index in [1.807, 2.05) is 30.5 Å². The summed E-state index contributed by atoms with van der Waals surface area (Å²) in [7, 11) is 0. The topological polar surface area (TPSA) is 85.9 Å². The molecule has 1 aromatic carbocycles. The zero-order chi connectivity index (χ0) is 13.9. The van der Waals surface area contributed by atoms with Crippen LogP contribution in [-0.2, 0) is 0 Å². The number of aromatic amines is 2. The van der Waals surface area contributed by atoms with E-state index < -0.39 is 0 Å². The van der Waals surface area contributed by atoms with Gasteiger partial charge in [0.15, 0.2) is 0 Å². The molecule has 3 rings (SSSR count). The first-order chi connectivity index (χ1) is 9.72. The highest BCUT2D eigenvalue weighted by Gasteiger charge is 2.00. The number of nitrogens with zero attached hydrogens (tertiary/aromatic N) is 2. The third kappa shape index (κ3) is 2.44. The fourth-order valence-corrected chi connectivity index (χ4v) is 2.00. The monoisotopic (exact) mass is 267 g/mol. The van der Waals surface area contributed by atoms with Gasteiger partial charge in [0.1, 0.15) is 0 Å². The number of anilines is 1. The first kappa shape index (κ1) is 12.2. The minimum Gasteiger partial charge on any atom is -0.361 e. The predicted molar refractivity (Wildman–Crippen MR) is 79.1 cm³/mol. The highest BCUT2D eigenvalue weighted by molar-refractivity contribution is 5.99. The van der Waals surface area contributed by atoms with Gasteiger partial charge in [0.05, 0.1) is 6.21 Å². The molecule has 2 aromatic heterocycles. The van der Waals surface area contributed by atoms with Crippen molar-refractivity contribution in [3.8, 4) is 0 Å². The molecule has 0 saturated heterocycles. The van der Waals surface area contributed by atoms with Gasteiger partial charge >= 0.3 is 0 Å². The molecule has 6 heteroatoms. The zero-order valence-corrected chi connectivity index (χ0v) is 10.8. The molecule has 0 fully saturated rings. The van der Waals surface area contributed by atoms with Crippen molar-refractivity contribution in [2.75, 3.05) is 5.43 Å². The lowest BCUT2D eigenvalue weighted by atomic mass is 10.2. The SMILES string of the molecule is Cc1cc(=O)[nH]c(N/N=C\c2c[nH]c3ccccc23)n1. The van der Waals surface area contributed by atoms with Crippen LogP contribution >= 0.6 is 0 Å². The Morgan fingerprint density at radius 3 is 3.05 bits per heavy atom. The van der Waals surface area contributed by atoms with E-state index in [1.165, 1.54) is 6.07 Å². The van der Waals surface area contributed by atoms with E-state index >= 15 is 0 Å². The van der Waals surface area contributed by atoms with Gasteiger partial charge < -0.3 is 4.98 Å². The fraction of sp³-hybridized carbons (Fsp3) is 0.0714. The van der Waals surface area contributed by atoms with Crippen molar-refractivity contribution in [2.45, 2.75) is 6.92 Å². The Balaban J connectivity index is 1.82. The summed E-state index contributed by atoms with van der Waals surface area (Å²) in [4.78, 5) is 21.1. The number of fused-ring (bicyclic) bond motifs is 1. The smallest absolute Gasteiger partial charge is 0.252 e. The van der Waals surface area contributed by atoms with Crippen molar-refractivity contribution in [1.29, 1.82) is 0 Å². The minimum absolute atomic E-state index is 0.206. The number of aromatic nitrogens is 3. The highest BCUT2D eigenvalue weighted by atomic mass is 16.1. The van der Waals surface area contributed by atoms with Gasteiger partial charge in [-0.25, -0.2) is 10.4 Å². The predicted octanol–water partition coefficient (Wildman–Crippen LogP) is 2.01. The normalized spacial score (nSPS) is 11.2. The van der Waals surface area contributed by atoms with Crippen molar-refractivity contribution in [3.63, 3.8) is 0 Å². The van der Waals surface area contributed by atoms with Crippen molar-refractivity contribution in [2.24, 2.45) is 5.10 Å². The molecule has 2 heterocycles. The van der Waals surface area contributed by atoms with Gasteiger partial charge in [-0.2, -0.15) is 5.10 Å². The summed E-state index contributed by atoms with van der Waals surface area (Å²) in [5, 5.41) is 5.18. The summed E-state index contributed by atoms with van der Waals surface area (Å²) in [5.74, 6) is 0.325. The summed E-state index contributed by atoms with van der Waals surface area (Å²) in [5.41, 5.74) is 5.16. The van der Waals surface area contributed by atoms with Gasteiger partial charge in [0, 0.05) is 34.4 Å². The number of hydrogen-bond acceptors (Lipinski definition) is 4. The standard InChI is InChI=1S/C14H13N5O/c1-9-6-13(20)18-14(17-9)19-16-8-10-7-15-12-5-3-2-4-11(10)12/h2-8,15H,1H3,(H2,17,18,19,20)/b16-8-. The third-order valence-electron chi connectivity index (χ3n) is 2.87. The van der Waals surface area contributed by atoms with Crippen LogP contribution in [-0.4, -0.2) is 21.2 Å². The average Bonchev–Trinajstić information content (AvgIpc) is 2.81. The number of hydrogen-bond donors (Lipinski definition) is 3. The first-order valence-corrected chi connectivity index (χ1v) is 6.15. The summed E-state index contributed by atoms with van der Waals surface area (Å²) < 4.78 is 0. The number of nitrogens with one attached hydrogen (secondary N) is 3. The summed E-state index contributed by atoms with van der Waals surface area (Å²) in [6.45, 7) is 1.75. The van der Waals surface area contributed by atoms with E-state index in [4.69, 9.17) is 0 Å². The van der Waals surface area contributed by atoms with E-state index in [0.717, 1.165) is 16.5 Å². The minimum atomic E-state index is -0.206.